The first-order valence-corrected chi connectivity index (χ1v) is 10.6. The van der Waals surface area contributed by atoms with Gasteiger partial charge in [0.1, 0.15) is 11.6 Å². The Labute approximate surface area is 174 Å². The van der Waals surface area contributed by atoms with Crippen molar-refractivity contribution in [1.29, 1.82) is 0 Å². The Hall–Kier alpha value is -2.80. The molecule has 0 radical (unpaired) electrons. The third kappa shape index (κ3) is 3.62. The number of H-pyrrole nitrogens is 1. The molecule has 0 bridgehead atoms. The van der Waals surface area contributed by atoms with Crippen LogP contribution in [0.15, 0.2) is 58.6 Å². The molecule has 1 aromatic carbocycles. The predicted molar refractivity (Wildman–Crippen MR) is 118 cm³/mol. The number of carbonyl (C=O) groups excluding carboxylic acids is 1. The smallest absolute Gasteiger partial charge is 0.257 e. The Morgan fingerprint density at radius 1 is 1.24 bits per heavy atom. The molecular weight excluding hydrogens is 384 g/mol. The zero-order valence-electron chi connectivity index (χ0n) is 16.6. The van der Waals surface area contributed by atoms with Crippen molar-refractivity contribution in [2.24, 2.45) is 5.92 Å². The van der Waals surface area contributed by atoms with Crippen LogP contribution in [-0.2, 0) is 4.79 Å². The van der Waals surface area contributed by atoms with Crippen LogP contribution in [-0.4, -0.2) is 35.6 Å². The highest BCUT2D eigenvalue weighted by Gasteiger charge is 2.42. The highest BCUT2D eigenvalue weighted by Crippen LogP contribution is 2.45. The average Bonchev–Trinajstić information content (AvgIpc) is 2.71. The van der Waals surface area contributed by atoms with Gasteiger partial charge in [0.2, 0.25) is 0 Å². The molecule has 0 saturated heterocycles. The fraction of sp³-hybridized carbons (Fsp3) is 0.318. The maximum Gasteiger partial charge on any atom is 0.257 e. The number of ketones is 1. The van der Waals surface area contributed by atoms with Crippen LogP contribution < -0.4 is 15.8 Å². The fourth-order valence-electron chi connectivity index (χ4n) is 4.01. The molecule has 2 N–H and O–H groups in total. The van der Waals surface area contributed by atoms with Gasteiger partial charge in [-0.15, -0.1) is 6.58 Å². The standard InChI is InChI=1S/C22H24N4O2S/c1-4-12-29-22-24-20-19(21(28)25-22)17(13-8-10-14(11-9-13)26(2)3)18-15(23-20)6-5-7-16(18)27/h4,6,8-11,17-18H,1,5,7,12H2,2-3H3,(H2,23,24,25,28)/t17-,18-/m0/s1. The lowest BCUT2D eigenvalue weighted by Gasteiger charge is -2.36. The number of thioether (sulfide) groups is 1. The molecule has 29 heavy (non-hydrogen) atoms. The highest BCUT2D eigenvalue weighted by atomic mass is 32.2. The molecule has 150 valence electrons. The van der Waals surface area contributed by atoms with Crippen molar-refractivity contribution in [2.75, 3.05) is 30.1 Å². The van der Waals surface area contributed by atoms with Crippen molar-refractivity contribution in [3.8, 4) is 0 Å². The van der Waals surface area contributed by atoms with Crippen molar-refractivity contribution in [1.82, 2.24) is 9.97 Å². The number of nitrogens with zero attached hydrogens (tertiary/aromatic N) is 2. The first-order valence-electron chi connectivity index (χ1n) is 9.64. The van der Waals surface area contributed by atoms with Crippen LogP contribution in [0.1, 0.15) is 29.9 Å². The quantitative estimate of drug-likeness (QED) is 0.448. The van der Waals surface area contributed by atoms with E-state index in [0.717, 1.165) is 16.9 Å². The van der Waals surface area contributed by atoms with Crippen LogP contribution in [0.3, 0.4) is 0 Å². The summed E-state index contributed by atoms with van der Waals surface area (Å²) in [4.78, 5) is 35.5. The Morgan fingerprint density at radius 3 is 2.69 bits per heavy atom. The van der Waals surface area contributed by atoms with E-state index in [9.17, 15) is 9.59 Å². The summed E-state index contributed by atoms with van der Waals surface area (Å²) in [5.74, 6) is 0.624. The normalized spacial score (nSPS) is 20.2. The summed E-state index contributed by atoms with van der Waals surface area (Å²) in [6, 6.07) is 8.05. The molecule has 1 aliphatic carbocycles. The molecule has 2 heterocycles. The summed E-state index contributed by atoms with van der Waals surface area (Å²) < 4.78 is 0. The van der Waals surface area contributed by atoms with Crippen molar-refractivity contribution in [3.63, 3.8) is 0 Å². The number of hydrogen-bond acceptors (Lipinski definition) is 6. The number of hydrogen-bond donors (Lipinski definition) is 2. The van der Waals surface area contributed by atoms with Gasteiger partial charge in [0.05, 0.1) is 11.5 Å². The van der Waals surface area contributed by atoms with E-state index in [2.05, 4.69) is 27.9 Å². The minimum Gasteiger partial charge on any atom is -0.378 e. The maximum absolute atomic E-state index is 13.1. The monoisotopic (exact) mass is 408 g/mol. The van der Waals surface area contributed by atoms with Crippen molar-refractivity contribution >= 4 is 29.1 Å². The van der Waals surface area contributed by atoms with Gasteiger partial charge in [-0.25, -0.2) is 4.98 Å². The van der Waals surface area contributed by atoms with Gasteiger partial charge < -0.3 is 15.2 Å². The topological polar surface area (TPSA) is 78.1 Å². The van der Waals surface area contributed by atoms with E-state index in [-0.39, 0.29) is 23.2 Å². The zero-order chi connectivity index (χ0) is 20.5. The lowest BCUT2D eigenvalue weighted by molar-refractivity contribution is -0.122. The number of aromatic nitrogens is 2. The largest absolute Gasteiger partial charge is 0.378 e. The van der Waals surface area contributed by atoms with Gasteiger partial charge in [-0.2, -0.15) is 0 Å². The van der Waals surface area contributed by atoms with E-state index in [1.807, 2.05) is 43.3 Å². The summed E-state index contributed by atoms with van der Waals surface area (Å²) in [6.07, 6.45) is 5.04. The van der Waals surface area contributed by atoms with Crippen molar-refractivity contribution < 1.29 is 4.79 Å². The molecule has 1 aromatic heterocycles. The van der Waals surface area contributed by atoms with E-state index in [0.29, 0.717) is 35.1 Å². The van der Waals surface area contributed by atoms with Crippen molar-refractivity contribution in [3.05, 3.63) is 70.2 Å². The summed E-state index contributed by atoms with van der Waals surface area (Å²) >= 11 is 1.42. The molecule has 1 aliphatic heterocycles. The van der Waals surface area contributed by atoms with Gasteiger partial charge in [-0.05, 0) is 24.1 Å². The molecule has 0 spiro atoms. The maximum atomic E-state index is 13.1. The Morgan fingerprint density at radius 2 is 2.00 bits per heavy atom. The number of rotatable bonds is 5. The molecular formula is C22H24N4O2S. The van der Waals surface area contributed by atoms with Gasteiger partial charge in [0.25, 0.3) is 5.56 Å². The molecule has 2 atom stereocenters. The Balaban J connectivity index is 1.86. The molecule has 0 unspecified atom stereocenters. The van der Waals surface area contributed by atoms with E-state index in [1.165, 1.54) is 11.8 Å². The number of nitrogens with one attached hydrogen (secondary N) is 2. The molecule has 7 heteroatoms. The Bertz CT molecular complexity index is 1040. The third-order valence-electron chi connectivity index (χ3n) is 5.38. The number of aromatic amines is 1. The van der Waals surface area contributed by atoms with Crippen LogP contribution in [0.2, 0.25) is 0 Å². The molecule has 2 aromatic rings. The van der Waals surface area contributed by atoms with E-state index in [1.54, 1.807) is 6.08 Å². The predicted octanol–water partition coefficient (Wildman–Crippen LogP) is 3.53. The molecule has 4 rings (SSSR count). The Kier molecular flexibility index (Phi) is 5.32. The molecule has 0 saturated carbocycles. The van der Waals surface area contributed by atoms with Gasteiger partial charge in [-0.1, -0.05) is 36.0 Å². The van der Waals surface area contributed by atoms with E-state index in [4.69, 9.17) is 0 Å². The van der Waals surface area contributed by atoms with Crippen LogP contribution in [0.25, 0.3) is 0 Å². The summed E-state index contributed by atoms with van der Waals surface area (Å²) in [7, 11) is 3.97. The second-order valence-corrected chi connectivity index (χ2v) is 8.47. The second-order valence-electron chi connectivity index (χ2n) is 7.46. The zero-order valence-corrected chi connectivity index (χ0v) is 17.4. The van der Waals surface area contributed by atoms with E-state index >= 15 is 0 Å². The number of allylic oxidation sites excluding steroid dienone is 2. The summed E-state index contributed by atoms with van der Waals surface area (Å²) in [5, 5.41) is 3.82. The van der Waals surface area contributed by atoms with Gasteiger partial charge >= 0.3 is 0 Å². The molecule has 2 aliphatic rings. The average molecular weight is 409 g/mol. The van der Waals surface area contributed by atoms with Crippen LogP contribution >= 0.6 is 11.8 Å². The highest BCUT2D eigenvalue weighted by molar-refractivity contribution is 7.99. The number of benzene rings is 1. The second kappa shape index (κ2) is 7.91. The molecule has 0 amide bonds. The minimum atomic E-state index is -0.379. The summed E-state index contributed by atoms with van der Waals surface area (Å²) in [6.45, 7) is 3.71. The van der Waals surface area contributed by atoms with Gasteiger partial charge in [-0.3, -0.25) is 9.59 Å². The first-order chi connectivity index (χ1) is 14.0. The van der Waals surface area contributed by atoms with Crippen molar-refractivity contribution in [2.45, 2.75) is 23.9 Å². The lowest BCUT2D eigenvalue weighted by atomic mass is 9.72. The number of fused-ring (bicyclic) bond motifs is 2. The van der Waals surface area contributed by atoms with E-state index < -0.39 is 0 Å². The number of carbonyl (C=O) groups is 1. The lowest BCUT2D eigenvalue weighted by Crippen LogP contribution is -2.38. The minimum absolute atomic E-state index is 0.159. The third-order valence-corrected chi connectivity index (χ3v) is 6.25. The number of anilines is 2. The van der Waals surface area contributed by atoms with Gasteiger partial charge in [0.15, 0.2) is 5.16 Å². The number of Topliss-reactive ketones (excluding diaryl/α,β-unsaturated/α-hetero) is 1. The van der Waals surface area contributed by atoms with Crippen LogP contribution in [0, 0.1) is 5.92 Å². The SMILES string of the molecule is C=CCSc1nc2c(c(=O)[nH]1)[C@@H](c1ccc(N(C)C)cc1)[C@@H]1C(=O)CCC=C1N2. The fourth-order valence-corrected chi connectivity index (χ4v) is 4.61. The van der Waals surface area contributed by atoms with Crippen LogP contribution in [0.4, 0.5) is 11.5 Å². The first kappa shape index (κ1) is 19.5. The molecule has 0 fully saturated rings. The molecule has 6 nitrogen and oxygen atoms in total. The summed E-state index contributed by atoms with van der Waals surface area (Å²) in [5.41, 5.74) is 3.20. The van der Waals surface area contributed by atoms with Gasteiger partial charge in [0, 0.05) is 43.6 Å². The van der Waals surface area contributed by atoms with Crippen LogP contribution in [0.5, 0.6) is 0 Å².